The van der Waals surface area contributed by atoms with Crippen LogP contribution < -0.4 is 5.69 Å². The summed E-state index contributed by atoms with van der Waals surface area (Å²) in [6.45, 7) is 0. The van der Waals surface area contributed by atoms with E-state index in [-0.39, 0.29) is 5.69 Å². The highest BCUT2D eigenvalue weighted by molar-refractivity contribution is 6.32. The predicted octanol–water partition coefficient (Wildman–Crippen LogP) is 3.81. The van der Waals surface area contributed by atoms with Gasteiger partial charge >= 0.3 is 5.69 Å². The van der Waals surface area contributed by atoms with E-state index in [1.807, 2.05) is 36.4 Å². The van der Waals surface area contributed by atoms with E-state index in [1.54, 1.807) is 18.3 Å². The average molecular weight is 323 g/mol. The largest absolute Gasteiger partial charge is 0.323 e. The fourth-order valence-electron chi connectivity index (χ4n) is 2.44. The number of aliphatic imine (C=N–C) groups is 1. The fourth-order valence-corrected chi connectivity index (χ4v) is 2.64. The van der Waals surface area contributed by atoms with Crippen molar-refractivity contribution in [1.82, 2.24) is 15.0 Å². The standard InChI is InChI=1S/C17H11ClN4O/c18-16-11(7-10-3-1-2-4-13(10)20-16)9-19-12-5-6-14-15(8-12)22-17(23)21-14/h1-9H,(H2,21,22,23). The van der Waals surface area contributed by atoms with E-state index >= 15 is 0 Å². The van der Waals surface area contributed by atoms with Gasteiger partial charge in [0.15, 0.2) is 0 Å². The lowest BCUT2D eigenvalue weighted by Crippen LogP contribution is -1.99. The summed E-state index contributed by atoms with van der Waals surface area (Å²) in [7, 11) is 0. The number of hydrogen-bond donors (Lipinski definition) is 2. The number of aromatic amines is 2. The van der Waals surface area contributed by atoms with Crippen LogP contribution >= 0.6 is 11.6 Å². The lowest BCUT2D eigenvalue weighted by molar-refractivity contribution is 1.21. The third kappa shape index (κ3) is 2.62. The second-order valence-electron chi connectivity index (χ2n) is 5.13. The number of H-pyrrole nitrogens is 2. The molecule has 2 N–H and O–H groups in total. The van der Waals surface area contributed by atoms with Gasteiger partial charge in [0, 0.05) is 17.2 Å². The SMILES string of the molecule is O=c1[nH]c2ccc(N=Cc3cc4ccccc4nc3Cl)cc2[nH]1. The maximum absolute atomic E-state index is 11.3. The maximum Gasteiger partial charge on any atom is 0.323 e. The summed E-state index contributed by atoms with van der Waals surface area (Å²) in [4.78, 5) is 25.5. The minimum absolute atomic E-state index is 0.233. The Morgan fingerprint density at radius 1 is 1.04 bits per heavy atom. The van der Waals surface area contributed by atoms with Crippen LogP contribution in [-0.2, 0) is 0 Å². The van der Waals surface area contributed by atoms with E-state index in [0.29, 0.717) is 10.7 Å². The van der Waals surface area contributed by atoms with Gasteiger partial charge in [0.25, 0.3) is 0 Å². The minimum atomic E-state index is -0.233. The molecule has 2 heterocycles. The Morgan fingerprint density at radius 2 is 1.87 bits per heavy atom. The lowest BCUT2D eigenvalue weighted by atomic mass is 10.2. The second-order valence-corrected chi connectivity index (χ2v) is 5.49. The van der Waals surface area contributed by atoms with Gasteiger partial charge in [-0.15, -0.1) is 0 Å². The number of imidazole rings is 1. The Balaban J connectivity index is 1.74. The third-order valence-corrected chi connectivity index (χ3v) is 3.86. The monoisotopic (exact) mass is 322 g/mol. The molecule has 0 fully saturated rings. The molecule has 0 aliphatic carbocycles. The number of nitrogens with zero attached hydrogens (tertiary/aromatic N) is 2. The lowest BCUT2D eigenvalue weighted by Gasteiger charge is -2.01. The number of aromatic nitrogens is 3. The molecular formula is C17H11ClN4O. The summed E-state index contributed by atoms with van der Waals surface area (Å²) in [5.74, 6) is 0. The van der Waals surface area contributed by atoms with Gasteiger partial charge in [-0.3, -0.25) is 4.99 Å². The van der Waals surface area contributed by atoms with Crippen LogP contribution in [0.25, 0.3) is 21.9 Å². The van der Waals surface area contributed by atoms with Crippen LogP contribution in [0, 0.1) is 0 Å². The number of halogens is 1. The third-order valence-electron chi connectivity index (χ3n) is 3.56. The highest BCUT2D eigenvalue weighted by Gasteiger charge is 2.03. The van der Waals surface area contributed by atoms with Crippen molar-refractivity contribution in [2.75, 3.05) is 0 Å². The topological polar surface area (TPSA) is 73.9 Å². The van der Waals surface area contributed by atoms with E-state index < -0.39 is 0 Å². The number of hydrogen-bond acceptors (Lipinski definition) is 3. The number of nitrogens with one attached hydrogen (secondary N) is 2. The molecular weight excluding hydrogens is 312 g/mol. The van der Waals surface area contributed by atoms with E-state index in [1.165, 1.54) is 0 Å². The number of pyridine rings is 1. The molecule has 0 spiro atoms. The van der Waals surface area contributed by atoms with Gasteiger partial charge in [0.1, 0.15) is 5.15 Å². The Hall–Kier alpha value is -2.92. The zero-order valence-electron chi connectivity index (χ0n) is 11.9. The van der Waals surface area contributed by atoms with E-state index in [0.717, 1.165) is 27.7 Å². The highest BCUT2D eigenvalue weighted by Crippen LogP contribution is 2.21. The fraction of sp³-hybridized carbons (Fsp3) is 0. The zero-order valence-corrected chi connectivity index (χ0v) is 12.6. The van der Waals surface area contributed by atoms with Gasteiger partial charge in [-0.25, -0.2) is 9.78 Å². The summed E-state index contributed by atoms with van der Waals surface area (Å²) < 4.78 is 0. The molecule has 6 heteroatoms. The Bertz CT molecular complexity index is 1110. The molecule has 2 aromatic heterocycles. The zero-order chi connectivity index (χ0) is 15.8. The molecule has 5 nitrogen and oxygen atoms in total. The Kier molecular flexibility index (Phi) is 3.20. The Labute approximate surface area is 135 Å². The van der Waals surface area contributed by atoms with Crippen molar-refractivity contribution in [2.24, 2.45) is 4.99 Å². The van der Waals surface area contributed by atoms with Crippen LogP contribution in [0.4, 0.5) is 5.69 Å². The van der Waals surface area contributed by atoms with Crippen molar-refractivity contribution in [3.8, 4) is 0 Å². The molecule has 0 aliphatic rings. The summed E-state index contributed by atoms with van der Waals surface area (Å²) in [6, 6.07) is 15.1. The molecule has 0 amide bonds. The first-order valence-corrected chi connectivity index (χ1v) is 7.38. The minimum Gasteiger partial charge on any atom is -0.306 e. The molecule has 0 bridgehead atoms. The highest BCUT2D eigenvalue weighted by atomic mass is 35.5. The molecule has 2 aromatic carbocycles. The summed E-state index contributed by atoms with van der Waals surface area (Å²) >= 11 is 6.21. The summed E-state index contributed by atoms with van der Waals surface area (Å²) in [5, 5.41) is 1.41. The quantitative estimate of drug-likeness (QED) is 0.435. The van der Waals surface area contributed by atoms with Crippen LogP contribution in [0.15, 0.2) is 58.3 Å². The normalized spacial score (nSPS) is 11.7. The molecule has 112 valence electrons. The molecule has 0 saturated carbocycles. The van der Waals surface area contributed by atoms with Crippen molar-refractivity contribution in [3.05, 3.63) is 69.7 Å². The molecule has 23 heavy (non-hydrogen) atoms. The number of benzene rings is 2. The van der Waals surface area contributed by atoms with Gasteiger partial charge < -0.3 is 9.97 Å². The van der Waals surface area contributed by atoms with Crippen LogP contribution in [0.1, 0.15) is 5.56 Å². The molecule has 0 saturated heterocycles. The van der Waals surface area contributed by atoms with Crippen LogP contribution in [0.5, 0.6) is 0 Å². The first-order chi connectivity index (χ1) is 11.2. The summed E-state index contributed by atoms with van der Waals surface area (Å²) in [6.07, 6.45) is 1.67. The van der Waals surface area contributed by atoms with Gasteiger partial charge in [-0.1, -0.05) is 29.8 Å². The van der Waals surface area contributed by atoms with Crippen LogP contribution in [-0.4, -0.2) is 21.2 Å². The summed E-state index contributed by atoms with van der Waals surface area (Å²) in [5.41, 5.74) is 3.54. The number of rotatable bonds is 2. The van der Waals surface area contributed by atoms with Gasteiger partial charge in [-0.2, -0.15) is 0 Å². The molecule has 0 aliphatic heterocycles. The van der Waals surface area contributed by atoms with Crippen LogP contribution in [0.3, 0.4) is 0 Å². The molecule has 0 unspecified atom stereocenters. The van der Waals surface area contributed by atoms with E-state index in [9.17, 15) is 4.79 Å². The predicted molar refractivity (Wildman–Crippen MR) is 92.9 cm³/mol. The second kappa shape index (κ2) is 5.37. The molecule has 0 radical (unpaired) electrons. The van der Waals surface area contributed by atoms with Crippen LogP contribution in [0.2, 0.25) is 5.15 Å². The van der Waals surface area contributed by atoms with E-state index in [2.05, 4.69) is 19.9 Å². The van der Waals surface area contributed by atoms with Gasteiger partial charge in [-0.05, 0) is 30.3 Å². The van der Waals surface area contributed by atoms with Gasteiger partial charge in [0.05, 0.1) is 22.2 Å². The van der Waals surface area contributed by atoms with Crippen molar-refractivity contribution in [2.45, 2.75) is 0 Å². The van der Waals surface area contributed by atoms with E-state index in [4.69, 9.17) is 11.6 Å². The maximum atomic E-state index is 11.3. The number of fused-ring (bicyclic) bond motifs is 2. The van der Waals surface area contributed by atoms with Crippen molar-refractivity contribution >= 4 is 45.4 Å². The Morgan fingerprint density at radius 3 is 2.78 bits per heavy atom. The molecule has 4 aromatic rings. The first-order valence-electron chi connectivity index (χ1n) is 7.00. The van der Waals surface area contributed by atoms with Crippen molar-refractivity contribution in [3.63, 3.8) is 0 Å². The van der Waals surface area contributed by atoms with Gasteiger partial charge in [0.2, 0.25) is 0 Å². The van der Waals surface area contributed by atoms with Crippen molar-refractivity contribution in [1.29, 1.82) is 0 Å². The van der Waals surface area contributed by atoms with Crippen molar-refractivity contribution < 1.29 is 0 Å². The first kappa shape index (κ1) is 13.7. The molecule has 0 atom stereocenters. The smallest absolute Gasteiger partial charge is 0.306 e. The number of para-hydroxylation sites is 1. The molecule has 4 rings (SSSR count). The average Bonchev–Trinajstić information content (AvgIpc) is 2.92.